The van der Waals surface area contributed by atoms with Crippen LogP contribution in [0.3, 0.4) is 0 Å². The van der Waals surface area contributed by atoms with Gasteiger partial charge in [-0.1, -0.05) is 26.0 Å². The van der Waals surface area contributed by atoms with Crippen LogP contribution in [-0.4, -0.2) is 34.7 Å². The van der Waals surface area contributed by atoms with Crippen LogP contribution < -0.4 is 5.32 Å². The number of rotatable bonds is 1. The summed E-state index contributed by atoms with van der Waals surface area (Å²) in [5.74, 6) is -0.263. The van der Waals surface area contributed by atoms with E-state index in [1.165, 1.54) is 0 Å². The molecule has 2 bridgehead atoms. The maximum Gasteiger partial charge on any atom is 0.254 e. The predicted octanol–water partition coefficient (Wildman–Crippen LogP) is 2.08. The van der Waals surface area contributed by atoms with Gasteiger partial charge in [-0.2, -0.15) is 0 Å². The lowest BCUT2D eigenvalue weighted by Gasteiger charge is -2.42. The Morgan fingerprint density at radius 3 is 2.57 bits per heavy atom. The molecule has 0 radical (unpaired) electrons. The number of fused-ring (bicyclic) bond motifs is 2. The zero-order valence-electron chi connectivity index (χ0n) is 13.7. The second-order valence-corrected chi connectivity index (χ2v) is 6.69. The number of imide groups is 1. The van der Waals surface area contributed by atoms with E-state index in [2.05, 4.69) is 19.2 Å². The van der Waals surface area contributed by atoms with Gasteiger partial charge in [0.1, 0.15) is 6.04 Å². The van der Waals surface area contributed by atoms with E-state index >= 15 is 0 Å². The summed E-state index contributed by atoms with van der Waals surface area (Å²) >= 11 is 0. The number of nitrogens with zero attached hydrogens (tertiary/aromatic N) is 1. The molecule has 4 atom stereocenters. The topological polar surface area (TPSA) is 66.5 Å². The molecule has 23 heavy (non-hydrogen) atoms. The van der Waals surface area contributed by atoms with E-state index in [0.717, 1.165) is 5.56 Å². The van der Waals surface area contributed by atoms with Gasteiger partial charge in [-0.3, -0.25) is 19.7 Å². The first-order chi connectivity index (χ1) is 10.9. The highest BCUT2D eigenvalue weighted by atomic mass is 16.2. The average molecular weight is 314 g/mol. The van der Waals surface area contributed by atoms with Crippen molar-refractivity contribution in [3.05, 3.63) is 35.4 Å². The Morgan fingerprint density at radius 2 is 1.87 bits per heavy atom. The van der Waals surface area contributed by atoms with Crippen molar-refractivity contribution in [1.29, 1.82) is 0 Å². The third kappa shape index (κ3) is 2.64. The molecular formula is C18H22N2O3. The molecule has 1 aromatic rings. The molecule has 0 saturated carbocycles. The van der Waals surface area contributed by atoms with Gasteiger partial charge in [-0.25, -0.2) is 0 Å². The summed E-state index contributed by atoms with van der Waals surface area (Å²) in [7, 11) is 0. The van der Waals surface area contributed by atoms with Crippen LogP contribution in [0.5, 0.6) is 0 Å². The maximum atomic E-state index is 13.0. The highest BCUT2D eigenvalue weighted by molar-refractivity contribution is 6.04. The van der Waals surface area contributed by atoms with E-state index in [1.807, 2.05) is 25.1 Å². The van der Waals surface area contributed by atoms with Crippen LogP contribution in [0.2, 0.25) is 0 Å². The van der Waals surface area contributed by atoms with Crippen molar-refractivity contribution in [3.63, 3.8) is 0 Å². The summed E-state index contributed by atoms with van der Waals surface area (Å²) in [5.41, 5.74) is 1.76. The first kappa shape index (κ1) is 15.7. The van der Waals surface area contributed by atoms with E-state index in [-0.39, 0.29) is 42.0 Å². The van der Waals surface area contributed by atoms with E-state index in [4.69, 9.17) is 0 Å². The first-order valence-electron chi connectivity index (χ1n) is 8.16. The van der Waals surface area contributed by atoms with E-state index in [1.54, 1.807) is 11.0 Å². The standard InChI is InChI=1S/C18H22N2O3/c1-10-11(2)13-5-4-6-14(9-13)18(23)20(12(10)3)15-7-8-16(21)19-17(15)22/h4-6,9-12,15H,7-8H2,1-3H3,(H,19,21,22)/t10-,11?,12-,15?/m0/s1. The third-order valence-corrected chi connectivity index (χ3v) is 5.43. The molecule has 122 valence electrons. The number of amides is 3. The number of nitrogens with one attached hydrogen (secondary N) is 1. The molecule has 2 heterocycles. The summed E-state index contributed by atoms with van der Waals surface area (Å²) in [5, 5.41) is 2.36. The Morgan fingerprint density at radius 1 is 1.13 bits per heavy atom. The smallest absolute Gasteiger partial charge is 0.254 e. The van der Waals surface area contributed by atoms with Crippen LogP contribution in [0.1, 0.15) is 55.5 Å². The van der Waals surface area contributed by atoms with Crippen molar-refractivity contribution in [1.82, 2.24) is 10.2 Å². The first-order valence-corrected chi connectivity index (χ1v) is 8.16. The summed E-state index contributed by atoms with van der Waals surface area (Å²) in [6.45, 7) is 6.26. The van der Waals surface area contributed by atoms with Gasteiger partial charge in [0.15, 0.2) is 0 Å². The molecule has 0 spiro atoms. The van der Waals surface area contributed by atoms with Crippen molar-refractivity contribution in [2.75, 3.05) is 0 Å². The van der Waals surface area contributed by atoms with Gasteiger partial charge in [0.2, 0.25) is 11.8 Å². The minimum Gasteiger partial charge on any atom is -0.324 e. The van der Waals surface area contributed by atoms with Gasteiger partial charge in [-0.15, -0.1) is 0 Å². The SMILES string of the molecule is CC1c2cccc(c2)C(=O)N(C2CCC(=O)NC2=O)[C@@H](C)[C@H]1C. The van der Waals surface area contributed by atoms with Crippen LogP contribution in [0, 0.1) is 5.92 Å². The van der Waals surface area contributed by atoms with Crippen LogP contribution in [0.4, 0.5) is 0 Å². The number of hydrogen-bond acceptors (Lipinski definition) is 3. The van der Waals surface area contributed by atoms with Crippen LogP contribution >= 0.6 is 0 Å². The zero-order chi connectivity index (χ0) is 16.7. The minimum atomic E-state index is -0.577. The molecule has 0 aliphatic carbocycles. The van der Waals surface area contributed by atoms with Crippen LogP contribution in [0.25, 0.3) is 0 Å². The molecule has 1 saturated heterocycles. The van der Waals surface area contributed by atoms with Crippen molar-refractivity contribution >= 4 is 17.7 Å². The highest BCUT2D eigenvalue weighted by Gasteiger charge is 2.40. The minimum absolute atomic E-state index is 0.0833. The molecule has 2 aliphatic rings. The lowest BCUT2D eigenvalue weighted by molar-refractivity contribution is -0.137. The summed E-state index contributed by atoms with van der Waals surface area (Å²) < 4.78 is 0. The molecule has 0 aromatic heterocycles. The fraction of sp³-hybridized carbons (Fsp3) is 0.500. The van der Waals surface area contributed by atoms with Gasteiger partial charge in [0.05, 0.1) is 0 Å². The number of piperidine rings is 1. The Balaban J connectivity index is 2.03. The predicted molar refractivity (Wildman–Crippen MR) is 85.8 cm³/mol. The molecular weight excluding hydrogens is 292 g/mol. The van der Waals surface area contributed by atoms with Crippen molar-refractivity contribution in [2.45, 2.75) is 51.6 Å². The van der Waals surface area contributed by atoms with Gasteiger partial charge < -0.3 is 4.90 Å². The Kier molecular flexibility index (Phi) is 3.96. The molecule has 1 fully saturated rings. The fourth-order valence-electron chi connectivity index (χ4n) is 3.64. The highest BCUT2D eigenvalue weighted by Crippen LogP contribution is 2.34. The van der Waals surface area contributed by atoms with Crippen LogP contribution in [-0.2, 0) is 9.59 Å². The second-order valence-electron chi connectivity index (χ2n) is 6.69. The number of carbonyl (C=O) groups is 3. The quantitative estimate of drug-likeness (QED) is 0.807. The van der Waals surface area contributed by atoms with Crippen molar-refractivity contribution < 1.29 is 14.4 Å². The van der Waals surface area contributed by atoms with E-state index < -0.39 is 6.04 Å². The molecule has 5 nitrogen and oxygen atoms in total. The largest absolute Gasteiger partial charge is 0.324 e. The van der Waals surface area contributed by atoms with E-state index in [0.29, 0.717) is 12.0 Å². The maximum absolute atomic E-state index is 13.0. The van der Waals surface area contributed by atoms with Crippen molar-refractivity contribution in [2.24, 2.45) is 5.92 Å². The summed E-state index contributed by atoms with van der Waals surface area (Å²) in [4.78, 5) is 38.4. The monoisotopic (exact) mass is 314 g/mol. The average Bonchev–Trinajstić information content (AvgIpc) is 2.54. The van der Waals surface area contributed by atoms with Crippen LogP contribution in [0.15, 0.2) is 24.3 Å². The Bertz CT molecular complexity index is 670. The summed E-state index contributed by atoms with van der Waals surface area (Å²) in [6.07, 6.45) is 0.665. The molecule has 3 rings (SSSR count). The normalized spacial score (nSPS) is 31.4. The van der Waals surface area contributed by atoms with Gasteiger partial charge >= 0.3 is 0 Å². The summed E-state index contributed by atoms with van der Waals surface area (Å²) in [6, 6.07) is 7.00. The number of carbonyl (C=O) groups excluding carboxylic acids is 3. The molecule has 2 aliphatic heterocycles. The molecule has 2 unspecified atom stereocenters. The van der Waals surface area contributed by atoms with E-state index in [9.17, 15) is 14.4 Å². The Hall–Kier alpha value is -2.17. The molecule has 1 N–H and O–H groups in total. The second kappa shape index (κ2) is 5.80. The molecule has 1 aromatic carbocycles. The Labute approximate surface area is 136 Å². The lowest BCUT2D eigenvalue weighted by atomic mass is 9.80. The fourth-order valence-corrected chi connectivity index (χ4v) is 3.64. The zero-order valence-corrected chi connectivity index (χ0v) is 13.7. The molecule has 5 heteroatoms. The number of hydrogen-bond donors (Lipinski definition) is 1. The molecule has 3 amide bonds. The number of benzene rings is 1. The van der Waals surface area contributed by atoms with Gasteiger partial charge in [0.25, 0.3) is 5.91 Å². The van der Waals surface area contributed by atoms with Gasteiger partial charge in [-0.05, 0) is 42.9 Å². The van der Waals surface area contributed by atoms with Gasteiger partial charge in [0, 0.05) is 18.0 Å². The lowest BCUT2D eigenvalue weighted by Crippen LogP contribution is -2.58. The third-order valence-electron chi connectivity index (χ3n) is 5.43. The van der Waals surface area contributed by atoms with Crippen molar-refractivity contribution in [3.8, 4) is 0 Å².